The fraction of sp³-hybridized carbons (Fsp3) is 0.533. The summed E-state index contributed by atoms with van der Waals surface area (Å²) in [7, 11) is 1.56. The molecule has 0 bridgehead atoms. The highest BCUT2D eigenvalue weighted by Gasteiger charge is 2.15. The van der Waals surface area contributed by atoms with Gasteiger partial charge in [-0.1, -0.05) is 12.8 Å². The number of anilines is 1. The van der Waals surface area contributed by atoms with Gasteiger partial charge in [-0.25, -0.2) is 0 Å². The van der Waals surface area contributed by atoms with E-state index in [0.717, 1.165) is 12.8 Å². The predicted octanol–water partition coefficient (Wildman–Crippen LogP) is 1.97. The van der Waals surface area contributed by atoms with E-state index in [1.807, 2.05) is 0 Å². The average molecular weight is 278 g/mol. The van der Waals surface area contributed by atoms with Gasteiger partial charge in [0, 0.05) is 12.2 Å². The van der Waals surface area contributed by atoms with Crippen molar-refractivity contribution in [2.45, 2.75) is 31.8 Å². The van der Waals surface area contributed by atoms with Crippen molar-refractivity contribution in [3.05, 3.63) is 23.8 Å². The fourth-order valence-corrected chi connectivity index (χ4v) is 2.40. The van der Waals surface area contributed by atoms with Crippen molar-refractivity contribution in [1.82, 2.24) is 5.32 Å². The van der Waals surface area contributed by atoms with Gasteiger partial charge in [-0.05, 0) is 31.0 Å². The van der Waals surface area contributed by atoms with E-state index in [0.29, 0.717) is 36.3 Å². The van der Waals surface area contributed by atoms with Gasteiger partial charge < -0.3 is 20.5 Å². The molecule has 0 saturated heterocycles. The van der Waals surface area contributed by atoms with Crippen molar-refractivity contribution in [2.75, 3.05) is 26.0 Å². The second-order valence-electron chi connectivity index (χ2n) is 4.99. The van der Waals surface area contributed by atoms with Crippen LogP contribution in [-0.4, -0.2) is 32.3 Å². The molecule has 0 heterocycles. The Bertz CT molecular complexity index is 456. The van der Waals surface area contributed by atoms with Gasteiger partial charge in [-0.15, -0.1) is 0 Å². The van der Waals surface area contributed by atoms with Crippen molar-refractivity contribution >= 4 is 11.6 Å². The number of ether oxygens (including phenoxy) is 2. The number of nitrogens with one attached hydrogen (secondary N) is 1. The molecule has 0 radical (unpaired) electrons. The van der Waals surface area contributed by atoms with E-state index in [-0.39, 0.29) is 5.91 Å². The largest absolute Gasteiger partial charge is 0.497 e. The third-order valence-corrected chi connectivity index (χ3v) is 3.55. The first kappa shape index (κ1) is 14.7. The van der Waals surface area contributed by atoms with Crippen LogP contribution in [0.3, 0.4) is 0 Å². The van der Waals surface area contributed by atoms with E-state index in [1.165, 1.54) is 12.8 Å². The standard InChI is InChI=1S/C15H22N2O3/c1-19-12-6-7-14(16)13(10-12)15(18)17-8-9-20-11-4-2-3-5-11/h6-7,10-11H,2-5,8-9,16H2,1H3,(H,17,18). The molecule has 110 valence electrons. The molecule has 3 N–H and O–H groups in total. The van der Waals surface area contributed by atoms with Gasteiger partial charge in [0.1, 0.15) is 5.75 Å². The second-order valence-corrected chi connectivity index (χ2v) is 4.99. The van der Waals surface area contributed by atoms with Gasteiger partial charge in [0.15, 0.2) is 0 Å². The Balaban J connectivity index is 1.79. The third-order valence-electron chi connectivity index (χ3n) is 3.55. The normalized spacial score (nSPS) is 15.2. The molecule has 20 heavy (non-hydrogen) atoms. The Hall–Kier alpha value is -1.75. The van der Waals surface area contributed by atoms with Crippen LogP contribution in [0.1, 0.15) is 36.0 Å². The van der Waals surface area contributed by atoms with Crippen molar-refractivity contribution in [1.29, 1.82) is 0 Å². The van der Waals surface area contributed by atoms with Gasteiger partial charge in [-0.3, -0.25) is 4.79 Å². The summed E-state index contributed by atoms with van der Waals surface area (Å²) in [5.74, 6) is 0.419. The minimum atomic E-state index is -0.198. The summed E-state index contributed by atoms with van der Waals surface area (Å²) in [6.07, 6.45) is 5.14. The Labute approximate surface area is 119 Å². The van der Waals surface area contributed by atoms with Gasteiger partial charge in [-0.2, -0.15) is 0 Å². The van der Waals surface area contributed by atoms with Crippen LogP contribution in [0.2, 0.25) is 0 Å². The van der Waals surface area contributed by atoms with E-state index < -0.39 is 0 Å². The van der Waals surface area contributed by atoms with Crippen LogP contribution in [0.4, 0.5) is 5.69 Å². The lowest BCUT2D eigenvalue weighted by Gasteiger charge is -2.12. The maximum Gasteiger partial charge on any atom is 0.253 e. The molecule has 1 fully saturated rings. The van der Waals surface area contributed by atoms with Crippen molar-refractivity contribution in [3.8, 4) is 5.75 Å². The van der Waals surface area contributed by atoms with E-state index in [2.05, 4.69) is 5.32 Å². The lowest BCUT2D eigenvalue weighted by molar-refractivity contribution is 0.0582. The first-order valence-corrected chi connectivity index (χ1v) is 7.04. The smallest absolute Gasteiger partial charge is 0.253 e. The molecule has 0 atom stereocenters. The average Bonchev–Trinajstić information content (AvgIpc) is 2.97. The first-order chi connectivity index (χ1) is 9.70. The molecular formula is C15H22N2O3. The molecule has 1 saturated carbocycles. The monoisotopic (exact) mass is 278 g/mol. The summed E-state index contributed by atoms with van der Waals surface area (Å²) >= 11 is 0. The number of benzene rings is 1. The van der Waals surface area contributed by atoms with Gasteiger partial charge in [0.2, 0.25) is 0 Å². The Kier molecular flexibility index (Phi) is 5.24. The molecule has 0 aliphatic heterocycles. The minimum Gasteiger partial charge on any atom is -0.497 e. The molecular weight excluding hydrogens is 256 g/mol. The molecule has 1 aromatic rings. The van der Waals surface area contributed by atoms with Crippen molar-refractivity contribution < 1.29 is 14.3 Å². The van der Waals surface area contributed by atoms with Crippen LogP contribution in [0.25, 0.3) is 0 Å². The maximum atomic E-state index is 12.0. The number of amides is 1. The highest BCUT2D eigenvalue weighted by Crippen LogP contribution is 2.21. The molecule has 0 unspecified atom stereocenters. The molecule has 0 spiro atoms. The highest BCUT2D eigenvalue weighted by molar-refractivity contribution is 5.99. The fourth-order valence-electron chi connectivity index (χ4n) is 2.40. The summed E-state index contributed by atoms with van der Waals surface area (Å²) in [5, 5.41) is 2.82. The zero-order valence-electron chi connectivity index (χ0n) is 11.9. The maximum absolute atomic E-state index is 12.0. The van der Waals surface area contributed by atoms with Crippen LogP contribution in [0.5, 0.6) is 5.75 Å². The van der Waals surface area contributed by atoms with E-state index >= 15 is 0 Å². The molecule has 5 nitrogen and oxygen atoms in total. The number of hydrogen-bond donors (Lipinski definition) is 2. The quantitative estimate of drug-likeness (QED) is 0.616. The Morgan fingerprint density at radius 2 is 2.15 bits per heavy atom. The number of hydrogen-bond acceptors (Lipinski definition) is 4. The Morgan fingerprint density at radius 1 is 1.40 bits per heavy atom. The molecule has 2 rings (SSSR count). The van der Waals surface area contributed by atoms with Crippen molar-refractivity contribution in [2.24, 2.45) is 0 Å². The molecule has 1 aliphatic carbocycles. The van der Waals surface area contributed by atoms with Crippen LogP contribution in [0, 0.1) is 0 Å². The van der Waals surface area contributed by atoms with Gasteiger partial charge in [0.25, 0.3) is 5.91 Å². The topological polar surface area (TPSA) is 73.6 Å². The van der Waals surface area contributed by atoms with Crippen LogP contribution < -0.4 is 15.8 Å². The number of nitrogens with two attached hydrogens (primary N) is 1. The number of carbonyl (C=O) groups excluding carboxylic acids is 1. The lowest BCUT2D eigenvalue weighted by atomic mass is 10.1. The highest BCUT2D eigenvalue weighted by atomic mass is 16.5. The summed E-state index contributed by atoms with van der Waals surface area (Å²) in [4.78, 5) is 12.0. The number of carbonyl (C=O) groups is 1. The molecule has 1 aliphatic rings. The number of methoxy groups -OCH3 is 1. The van der Waals surface area contributed by atoms with E-state index in [1.54, 1.807) is 25.3 Å². The van der Waals surface area contributed by atoms with E-state index in [9.17, 15) is 4.79 Å². The van der Waals surface area contributed by atoms with Crippen LogP contribution in [0.15, 0.2) is 18.2 Å². The van der Waals surface area contributed by atoms with Gasteiger partial charge in [0.05, 0.1) is 25.4 Å². The first-order valence-electron chi connectivity index (χ1n) is 7.04. The summed E-state index contributed by atoms with van der Waals surface area (Å²) in [6, 6.07) is 5.04. The predicted molar refractivity (Wildman–Crippen MR) is 77.9 cm³/mol. The van der Waals surface area contributed by atoms with Crippen LogP contribution in [-0.2, 0) is 4.74 Å². The van der Waals surface area contributed by atoms with Gasteiger partial charge >= 0.3 is 0 Å². The molecule has 0 aromatic heterocycles. The zero-order chi connectivity index (χ0) is 14.4. The summed E-state index contributed by atoms with van der Waals surface area (Å²) < 4.78 is 10.8. The Morgan fingerprint density at radius 3 is 2.85 bits per heavy atom. The molecule has 5 heteroatoms. The third kappa shape index (κ3) is 3.87. The zero-order valence-corrected chi connectivity index (χ0v) is 11.9. The van der Waals surface area contributed by atoms with Crippen LogP contribution >= 0.6 is 0 Å². The van der Waals surface area contributed by atoms with Crippen molar-refractivity contribution in [3.63, 3.8) is 0 Å². The number of nitrogen functional groups attached to an aromatic ring is 1. The summed E-state index contributed by atoms with van der Waals surface area (Å²) in [5.41, 5.74) is 6.68. The lowest BCUT2D eigenvalue weighted by Crippen LogP contribution is -2.29. The summed E-state index contributed by atoms with van der Waals surface area (Å²) in [6.45, 7) is 1.03. The number of rotatable bonds is 6. The van der Waals surface area contributed by atoms with E-state index in [4.69, 9.17) is 15.2 Å². The SMILES string of the molecule is COc1ccc(N)c(C(=O)NCCOC2CCCC2)c1. The molecule has 1 aromatic carbocycles. The molecule has 1 amide bonds. The minimum absolute atomic E-state index is 0.198. The second kappa shape index (κ2) is 7.14.